The van der Waals surface area contributed by atoms with Crippen LogP contribution in [0.1, 0.15) is 40.7 Å². The van der Waals surface area contributed by atoms with Crippen LogP contribution in [-0.2, 0) is 16.2 Å². The lowest BCUT2D eigenvalue weighted by atomic mass is 9.83. The highest BCUT2D eigenvalue weighted by Crippen LogP contribution is 2.42. The number of rotatable bonds is 3. The lowest BCUT2D eigenvalue weighted by molar-refractivity contribution is -0.137. The second-order valence-electron chi connectivity index (χ2n) is 8.13. The van der Waals surface area contributed by atoms with E-state index in [9.17, 15) is 26.4 Å². The van der Waals surface area contributed by atoms with Crippen LogP contribution in [0.5, 0.6) is 11.5 Å². The van der Waals surface area contributed by atoms with Gasteiger partial charge in [-0.1, -0.05) is 0 Å². The molecule has 0 radical (unpaired) electrons. The summed E-state index contributed by atoms with van der Waals surface area (Å²) in [6.45, 7) is 1.93. The van der Waals surface area contributed by atoms with Crippen molar-refractivity contribution in [1.29, 1.82) is 0 Å². The van der Waals surface area contributed by atoms with Gasteiger partial charge in [-0.2, -0.15) is 17.5 Å². The molecule has 2 aromatic rings. The summed E-state index contributed by atoms with van der Waals surface area (Å²) in [7, 11) is -2.27. The second-order valence-corrected chi connectivity index (χ2v) is 10.1. The molecule has 0 aliphatic carbocycles. The smallest absolute Gasteiger partial charge is 0.416 e. The molecular formula is C22H22F3NO5S. The molecule has 2 aliphatic heterocycles. The van der Waals surface area contributed by atoms with Crippen molar-refractivity contribution in [3.05, 3.63) is 53.1 Å². The Morgan fingerprint density at radius 3 is 2.38 bits per heavy atom. The van der Waals surface area contributed by atoms with Crippen molar-refractivity contribution in [2.75, 3.05) is 20.2 Å². The molecular weight excluding hydrogens is 447 g/mol. The van der Waals surface area contributed by atoms with Crippen molar-refractivity contribution in [3.63, 3.8) is 0 Å². The lowest BCUT2D eigenvalue weighted by Gasteiger charge is -2.43. The molecule has 0 bridgehead atoms. The number of carbonyl (C=O) groups is 1. The monoisotopic (exact) mass is 469 g/mol. The number of Topliss-reactive ketones (excluding diaryl/α,β-unsaturated/α-hetero) is 1. The minimum absolute atomic E-state index is 0.000889. The molecule has 0 amide bonds. The molecule has 0 atom stereocenters. The van der Waals surface area contributed by atoms with E-state index in [0.717, 1.165) is 18.2 Å². The van der Waals surface area contributed by atoms with E-state index >= 15 is 0 Å². The maximum atomic E-state index is 13.1. The molecule has 1 saturated heterocycles. The Labute approximate surface area is 184 Å². The van der Waals surface area contributed by atoms with E-state index in [2.05, 4.69) is 0 Å². The van der Waals surface area contributed by atoms with Crippen molar-refractivity contribution in [2.45, 2.75) is 42.9 Å². The van der Waals surface area contributed by atoms with E-state index in [0.29, 0.717) is 11.3 Å². The molecule has 0 N–H and O–H groups in total. The Kier molecular flexibility index (Phi) is 5.49. The van der Waals surface area contributed by atoms with Crippen LogP contribution in [0.4, 0.5) is 13.2 Å². The van der Waals surface area contributed by atoms with Crippen LogP contribution in [0.2, 0.25) is 0 Å². The van der Waals surface area contributed by atoms with Crippen molar-refractivity contribution < 1.29 is 35.9 Å². The number of alkyl halides is 3. The number of ketones is 1. The molecule has 2 aliphatic rings. The summed E-state index contributed by atoms with van der Waals surface area (Å²) in [5.74, 6) is 0.174. The maximum absolute atomic E-state index is 13.1. The SMILES string of the molecule is COc1ccc(S(=O)(=O)N2CCC3(CC2)CC(=O)c2ccc(C(F)(F)F)cc2O3)cc1C. The highest BCUT2D eigenvalue weighted by atomic mass is 32.2. The van der Waals surface area contributed by atoms with Crippen LogP contribution < -0.4 is 9.47 Å². The van der Waals surface area contributed by atoms with E-state index in [1.54, 1.807) is 13.0 Å². The van der Waals surface area contributed by atoms with Crippen molar-refractivity contribution in [3.8, 4) is 11.5 Å². The minimum Gasteiger partial charge on any atom is -0.496 e. The maximum Gasteiger partial charge on any atom is 0.416 e. The second kappa shape index (κ2) is 7.77. The molecule has 172 valence electrons. The molecule has 32 heavy (non-hydrogen) atoms. The first-order chi connectivity index (χ1) is 14.9. The number of carbonyl (C=O) groups excluding carboxylic acids is 1. The van der Waals surface area contributed by atoms with Gasteiger partial charge in [0.25, 0.3) is 0 Å². The molecule has 2 heterocycles. The molecule has 0 unspecified atom stereocenters. The Bertz CT molecular complexity index is 1170. The molecule has 4 rings (SSSR count). The van der Waals surface area contributed by atoms with Crippen LogP contribution in [0.3, 0.4) is 0 Å². The molecule has 2 aromatic carbocycles. The van der Waals surface area contributed by atoms with Gasteiger partial charge in [0.15, 0.2) is 5.78 Å². The summed E-state index contributed by atoms with van der Waals surface area (Å²) in [6, 6.07) is 7.45. The minimum atomic E-state index is -4.56. The first-order valence-corrected chi connectivity index (χ1v) is 11.5. The number of hydrogen-bond donors (Lipinski definition) is 0. The fraction of sp³-hybridized carbons (Fsp3) is 0.409. The fourth-order valence-corrected chi connectivity index (χ4v) is 5.77. The summed E-state index contributed by atoms with van der Waals surface area (Å²) in [5.41, 5.74) is -1.11. The third-order valence-electron chi connectivity index (χ3n) is 6.06. The van der Waals surface area contributed by atoms with Gasteiger partial charge in [0.05, 0.1) is 29.6 Å². The fourth-order valence-electron chi connectivity index (χ4n) is 4.24. The van der Waals surface area contributed by atoms with E-state index in [1.807, 2.05) is 0 Å². The van der Waals surface area contributed by atoms with Gasteiger partial charge in [-0.05, 0) is 48.9 Å². The highest BCUT2D eigenvalue weighted by Gasteiger charge is 2.45. The van der Waals surface area contributed by atoms with Gasteiger partial charge < -0.3 is 9.47 Å². The van der Waals surface area contributed by atoms with Crippen LogP contribution in [0.25, 0.3) is 0 Å². The van der Waals surface area contributed by atoms with Gasteiger partial charge in [0.1, 0.15) is 17.1 Å². The third kappa shape index (κ3) is 3.97. The quantitative estimate of drug-likeness (QED) is 0.674. The summed E-state index contributed by atoms with van der Waals surface area (Å²) in [6.07, 6.45) is -4.16. The molecule has 6 nitrogen and oxygen atoms in total. The highest BCUT2D eigenvalue weighted by molar-refractivity contribution is 7.89. The Balaban J connectivity index is 1.54. The Morgan fingerprint density at radius 2 is 1.78 bits per heavy atom. The number of sulfonamides is 1. The number of hydrogen-bond acceptors (Lipinski definition) is 5. The lowest BCUT2D eigenvalue weighted by Crippen LogP contribution is -2.52. The number of ether oxygens (including phenoxy) is 2. The van der Waals surface area contributed by atoms with Crippen LogP contribution in [0.15, 0.2) is 41.3 Å². The summed E-state index contributed by atoms with van der Waals surface area (Å²) in [4.78, 5) is 12.7. The molecule has 10 heteroatoms. The van der Waals surface area contributed by atoms with E-state index < -0.39 is 27.4 Å². The molecule has 1 spiro atoms. The van der Waals surface area contributed by atoms with Gasteiger partial charge >= 0.3 is 6.18 Å². The first-order valence-electron chi connectivity index (χ1n) is 10.0. The van der Waals surface area contributed by atoms with Gasteiger partial charge in [-0.15, -0.1) is 0 Å². The largest absolute Gasteiger partial charge is 0.496 e. The van der Waals surface area contributed by atoms with Crippen molar-refractivity contribution in [1.82, 2.24) is 4.31 Å². The van der Waals surface area contributed by atoms with Crippen LogP contribution in [-0.4, -0.2) is 44.3 Å². The number of methoxy groups -OCH3 is 1. The average Bonchev–Trinajstić information content (AvgIpc) is 2.73. The zero-order valence-corrected chi connectivity index (χ0v) is 18.3. The van der Waals surface area contributed by atoms with Crippen molar-refractivity contribution in [2.24, 2.45) is 0 Å². The van der Waals surface area contributed by atoms with Gasteiger partial charge in [0.2, 0.25) is 10.0 Å². The molecule has 0 saturated carbocycles. The van der Waals surface area contributed by atoms with Crippen LogP contribution >= 0.6 is 0 Å². The summed E-state index contributed by atoms with van der Waals surface area (Å²) in [5, 5.41) is 0. The normalized spacial score (nSPS) is 18.8. The van der Waals surface area contributed by atoms with E-state index in [1.165, 1.54) is 23.5 Å². The number of halogens is 3. The molecule has 0 aromatic heterocycles. The Morgan fingerprint density at radius 1 is 1.09 bits per heavy atom. The summed E-state index contributed by atoms with van der Waals surface area (Å²) < 4.78 is 77.8. The third-order valence-corrected chi connectivity index (χ3v) is 7.95. The first kappa shape index (κ1) is 22.6. The topological polar surface area (TPSA) is 72.9 Å². The number of piperidine rings is 1. The average molecular weight is 469 g/mol. The van der Waals surface area contributed by atoms with Gasteiger partial charge in [0, 0.05) is 25.9 Å². The predicted molar refractivity (Wildman–Crippen MR) is 109 cm³/mol. The zero-order chi connectivity index (χ0) is 23.3. The summed E-state index contributed by atoms with van der Waals surface area (Å²) >= 11 is 0. The van der Waals surface area contributed by atoms with Crippen LogP contribution in [0, 0.1) is 6.92 Å². The standard InChI is InChI=1S/C22H22F3NO5S/c1-14-11-16(4-6-19(14)30-2)32(28,29)26-9-7-21(8-10-26)13-18(27)17-5-3-15(22(23,24)25)12-20(17)31-21/h3-6,11-12H,7-10,13H2,1-2H3. The number of fused-ring (bicyclic) bond motifs is 1. The predicted octanol–water partition coefficient (Wildman–Crippen LogP) is 4.21. The van der Waals surface area contributed by atoms with Crippen molar-refractivity contribution >= 4 is 15.8 Å². The zero-order valence-electron chi connectivity index (χ0n) is 17.5. The van der Waals surface area contributed by atoms with Gasteiger partial charge in [-0.3, -0.25) is 4.79 Å². The van der Waals surface area contributed by atoms with E-state index in [-0.39, 0.29) is 54.3 Å². The molecule has 1 fully saturated rings. The number of nitrogens with zero attached hydrogens (tertiary/aromatic N) is 1. The van der Waals surface area contributed by atoms with Gasteiger partial charge in [-0.25, -0.2) is 8.42 Å². The van der Waals surface area contributed by atoms with E-state index in [4.69, 9.17) is 9.47 Å². The number of aryl methyl sites for hydroxylation is 1. The Hall–Kier alpha value is -2.59. The number of benzene rings is 2.